The third-order valence-corrected chi connectivity index (χ3v) is 5.73. The number of hydrogen-bond donors (Lipinski definition) is 1. The average molecular weight is 372 g/mol. The number of fused-ring (bicyclic) bond motifs is 1. The normalized spacial score (nSPS) is 24.0. The van der Waals surface area contributed by atoms with E-state index in [1.807, 2.05) is 30.9 Å². The molecule has 2 aliphatic rings. The van der Waals surface area contributed by atoms with E-state index >= 15 is 0 Å². The lowest BCUT2D eigenvalue weighted by Crippen LogP contribution is -2.46. The summed E-state index contributed by atoms with van der Waals surface area (Å²) >= 11 is 0. The van der Waals surface area contributed by atoms with Crippen LogP contribution >= 0.6 is 0 Å². The number of nitrogens with zero attached hydrogens (tertiary/aromatic N) is 3. The number of nitrogens with one attached hydrogen (secondary N) is 1. The zero-order valence-corrected chi connectivity index (χ0v) is 16.3. The quantitative estimate of drug-likeness (QED) is 0.893. The molecule has 4 rings (SSSR count). The van der Waals surface area contributed by atoms with Crippen LogP contribution in [0.3, 0.4) is 0 Å². The van der Waals surface area contributed by atoms with E-state index in [4.69, 9.17) is 9.15 Å². The maximum Gasteiger partial charge on any atom is 0.275 e. The third-order valence-electron chi connectivity index (χ3n) is 5.73. The molecule has 1 amide bonds. The zero-order valence-electron chi connectivity index (χ0n) is 16.3. The van der Waals surface area contributed by atoms with Crippen molar-refractivity contribution in [2.45, 2.75) is 57.9 Å². The Morgan fingerprint density at radius 1 is 1.37 bits per heavy atom. The molecule has 2 aliphatic heterocycles. The first-order valence-electron chi connectivity index (χ1n) is 9.77. The first-order valence-corrected chi connectivity index (χ1v) is 9.77. The Balaban J connectivity index is 1.63. The maximum atomic E-state index is 13.5. The fraction of sp³-hybridized carbons (Fsp3) is 0.600. The van der Waals surface area contributed by atoms with Crippen molar-refractivity contribution in [2.24, 2.45) is 0 Å². The van der Waals surface area contributed by atoms with Gasteiger partial charge in [-0.1, -0.05) is 0 Å². The predicted molar refractivity (Wildman–Crippen MR) is 100 cm³/mol. The highest BCUT2D eigenvalue weighted by Crippen LogP contribution is 2.31. The van der Waals surface area contributed by atoms with Crippen molar-refractivity contribution in [1.29, 1.82) is 0 Å². The molecule has 1 N–H and O–H groups in total. The second-order valence-electron chi connectivity index (χ2n) is 7.80. The molecule has 2 aromatic heterocycles. The van der Waals surface area contributed by atoms with Gasteiger partial charge in [0.05, 0.1) is 30.7 Å². The third kappa shape index (κ3) is 3.66. The molecule has 7 heteroatoms. The van der Waals surface area contributed by atoms with E-state index in [2.05, 4.69) is 22.1 Å². The Hall–Kier alpha value is -2.12. The highest BCUT2D eigenvalue weighted by molar-refractivity contribution is 5.94. The summed E-state index contributed by atoms with van der Waals surface area (Å²) in [6.45, 7) is 6.50. The molecule has 2 atom stereocenters. The molecule has 0 aromatic carbocycles. The van der Waals surface area contributed by atoms with Gasteiger partial charge in [0.2, 0.25) is 0 Å². The van der Waals surface area contributed by atoms with Gasteiger partial charge in [-0.05, 0) is 59.0 Å². The van der Waals surface area contributed by atoms with Crippen molar-refractivity contribution in [3.05, 3.63) is 41.1 Å². The van der Waals surface area contributed by atoms with Gasteiger partial charge in [0.25, 0.3) is 5.91 Å². The molecule has 0 spiro atoms. The number of furan rings is 1. The molecule has 2 aromatic rings. The van der Waals surface area contributed by atoms with Crippen molar-refractivity contribution in [1.82, 2.24) is 20.0 Å². The van der Waals surface area contributed by atoms with Gasteiger partial charge in [-0.3, -0.25) is 9.89 Å². The first kappa shape index (κ1) is 18.3. The smallest absolute Gasteiger partial charge is 0.275 e. The van der Waals surface area contributed by atoms with Crippen molar-refractivity contribution in [3.63, 3.8) is 0 Å². The van der Waals surface area contributed by atoms with Crippen LogP contribution < -0.4 is 0 Å². The van der Waals surface area contributed by atoms with Crippen LogP contribution in [0, 0.1) is 0 Å². The topological polar surface area (TPSA) is 74.6 Å². The number of carbonyl (C=O) groups is 1. The predicted octanol–water partition coefficient (Wildman–Crippen LogP) is 2.76. The summed E-state index contributed by atoms with van der Waals surface area (Å²) in [6, 6.07) is 3.98. The van der Waals surface area contributed by atoms with Crippen LogP contribution in [0.25, 0.3) is 0 Å². The molecule has 0 aliphatic carbocycles. The minimum absolute atomic E-state index is 0.0141. The molecular formula is C20H28N4O3. The van der Waals surface area contributed by atoms with Crippen LogP contribution in [0.4, 0.5) is 0 Å². The minimum Gasteiger partial charge on any atom is -0.467 e. The molecular weight excluding hydrogens is 344 g/mol. The van der Waals surface area contributed by atoms with Gasteiger partial charge < -0.3 is 19.0 Å². The average Bonchev–Trinajstić information content (AvgIpc) is 3.29. The molecule has 27 heavy (non-hydrogen) atoms. The first-order chi connectivity index (χ1) is 13.0. The molecule has 146 valence electrons. The van der Waals surface area contributed by atoms with E-state index in [1.165, 1.54) is 0 Å². The Morgan fingerprint density at radius 3 is 2.85 bits per heavy atom. The summed E-state index contributed by atoms with van der Waals surface area (Å²) in [6.07, 6.45) is 4.30. The van der Waals surface area contributed by atoms with Crippen LogP contribution in [-0.2, 0) is 17.7 Å². The van der Waals surface area contributed by atoms with Crippen molar-refractivity contribution in [2.75, 3.05) is 20.1 Å². The van der Waals surface area contributed by atoms with Crippen LogP contribution in [0.15, 0.2) is 22.8 Å². The monoisotopic (exact) mass is 372 g/mol. The molecule has 0 radical (unpaired) electrons. The van der Waals surface area contributed by atoms with Crippen molar-refractivity contribution in [3.8, 4) is 0 Å². The van der Waals surface area contributed by atoms with Gasteiger partial charge in [0.15, 0.2) is 5.69 Å². The molecule has 0 unspecified atom stereocenters. The second-order valence-corrected chi connectivity index (χ2v) is 7.80. The number of rotatable bonds is 4. The highest BCUT2D eigenvalue weighted by Gasteiger charge is 2.34. The lowest BCUT2D eigenvalue weighted by Gasteiger charge is -2.37. The molecule has 7 nitrogen and oxygen atoms in total. The van der Waals surface area contributed by atoms with Crippen LogP contribution in [0.5, 0.6) is 0 Å². The lowest BCUT2D eigenvalue weighted by molar-refractivity contribution is -0.00707. The Bertz CT molecular complexity index is 777. The van der Waals surface area contributed by atoms with Crippen LogP contribution in [0.1, 0.15) is 60.3 Å². The Labute approximate surface area is 159 Å². The van der Waals surface area contributed by atoms with Crippen LogP contribution in [0.2, 0.25) is 0 Å². The van der Waals surface area contributed by atoms with Gasteiger partial charge in [-0.25, -0.2) is 0 Å². The number of likely N-dealkylation sites (tertiary alicyclic amines) is 1. The number of ether oxygens (including phenoxy) is 1. The second kappa shape index (κ2) is 7.48. The molecule has 1 fully saturated rings. The molecule has 0 bridgehead atoms. The Morgan fingerprint density at radius 2 is 2.15 bits per heavy atom. The number of amides is 1. The van der Waals surface area contributed by atoms with E-state index < -0.39 is 0 Å². The van der Waals surface area contributed by atoms with Crippen molar-refractivity contribution >= 4 is 5.91 Å². The number of carbonyl (C=O) groups excluding carboxylic acids is 1. The maximum absolute atomic E-state index is 13.5. The van der Waals surface area contributed by atoms with E-state index in [-0.39, 0.29) is 24.2 Å². The summed E-state index contributed by atoms with van der Waals surface area (Å²) in [5.74, 6) is 0.788. The number of aromatic nitrogens is 2. The molecule has 4 heterocycles. The van der Waals surface area contributed by atoms with Gasteiger partial charge in [0.1, 0.15) is 5.76 Å². The highest BCUT2D eigenvalue weighted by atomic mass is 16.5. The Kier molecular flexibility index (Phi) is 5.06. The zero-order chi connectivity index (χ0) is 19.0. The number of hydrogen-bond acceptors (Lipinski definition) is 5. The summed E-state index contributed by atoms with van der Waals surface area (Å²) in [7, 11) is 2.13. The molecule has 1 saturated heterocycles. The fourth-order valence-corrected chi connectivity index (χ4v) is 4.23. The van der Waals surface area contributed by atoms with Gasteiger partial charge in [-0.15, -0.1) is 0 Å². The van der Waals surface area contributed by atoms with E-state index in [9.17, 15) is 4.79 Å². The summed E-state index contributed by atoms with van der Waals surface area (Å²) in [4.78, 5) is 17.8. The van der Waals surface area contributed by atoms with Gasteiger partial charge >= 0.3 is 0 Å². The molecule has 0 saturated carbocycles. The number of H-pyrrole nitrogens is 1. The lowest BCUT2D eigenvalue weighted by atomic mass is 9.98. The SMILES string of the molecule is C[C@@H]1Cc2c(C(=O)N(Cc3ccco3)C3CCN(C)CC3)n[nH]c2[C@H](C)O1. The minimum atomic E-state index is -0.0698. The van der Waals surface area contributed by atoms with Crippen LogP contribution in [-0.4, -0.2) is 58.2 Å². The van der Waals surface area contributed by atoms with E-state index in [1.54, 1.807) is 6.26 Å². The largest absolute Gasteiger partial charge is 0.467 e. The van der Waals surface area contributed by atoms with Gasteiger partial charge in [0, 0.05) is 18.0 Å². The fourth-order valence-electron chi connectivity index (χ4n) is 4.23. The van der Waals surface area contributed by atoms with E-state index in [0.29, 0.717) is 18.7 Å². The number of aromatic amines is 1. The van der Waals surface area contributed by atoms with E-state index in [0.717, 1.165) is 42.9 Å². The van der Waals surface area contributed by atoms with Crippen molar-refractivity contribution < 1.29 is 13.9 Å². The number of piperidine rings is 1. The summed E-state index contributed by atoms with van der Waals surface area (Å²) < 4.78 is 11.4. The van der Waals surface area contributed by atoms with Gasteiger partial charge in [-0.2, -0.15) is 5.10 Å². The standard InChI is InChI=1S/C20H28N4O3/c1-13-11-17-18(14(2)27-13)21-22-19(17)20(25)24(12-16-5-4-10-26-16)15-6-8-23(3)9-7-15/h4-5,10,13-15H,6-9,11-12H2,1-3H3,(H,21,22)/t13-,14+/m1/s1. The summed E-state index contributed by atoms with van der Waals surface area (Å²) in [5.41, 5.74) is 2.47. The summed E-state index contributed by atoms with van der Waals surface area (Å²) in [5, 5.41) is 7.45.